The number of halogens is 2. The number of rotatable bonds is 3. The Labute approximate surface area is 115 Å². The number of benzene rings is 2. The van der Waals surface area contributed by atoms with Gasteiger partial charge in [0.15, 0.2) is 6.17 Å². The molecule has 20 heavy (non-hydrogen) atoms. The molecule has 2 aromatic carbocycles. The van der Waals surface area contributed by atoms with Crippen LogP contribution in [-0.4, -0.2) is 13.0 Å². The standard InChI is InChI=1S/C14H12F2O3S/c1-9-6-7-10(20(17,18)19)8-12(9)14(16)11-4-2-3-5-13(11)15/h2-8,14H,1H3,(H,17,18,19). The molecular formula is C14H12F2O3S. The van der Waals surface area contributed by atoms with Gasteiger partial charge >= 0.3 is 0 Å². The number of hydrogen-bond donors (Lipinski definition) is 1. The molecule has 0 amide bonds. The lowest BCUT2D eigenvalue weighted by Crippen LogP contribution is -2.04. The number of alkyl halides is 1. The highest BCUT2D eigenvalue weighted by molar-refractivity contribution is 7.85. The molecule has 1 unspecified atom stereocenters. The maximum absolute atomic E-state index is 14.4. The van der Waals surface area contributed by atoms with Crippen LogP contribution in [0.5, 0.6) is 0 Å². The zero-order valence-corrected chi connectivity index (χ0v) is 11.4. The Hall–Kier alpha value is -1.79. The third-order valence-corrected chi connectivity index (χ3v) is 3.85. The molecule has 0 radical (unpaired) electrons. The van der Waals surface area contributed by atoms with Crippen molar-refractivity contribution in [3.8, 4) is 0 Å². The fourth-order valence-corrected chi connectivity index (χ4v) is 2.42. The van der Waals surface area contributed by atoms with Gasteiger partial charge in [-0.15, -0.1) is 0 Å². The van der Waals surface area contributed by atoms with E-state index in [-0.39, 0.29) is 11.1 Å². The smallest absolute Gasteiger partial charge is 0.282 e. The van der Waals surface area contributed by atoms with Crippen molar-refractivity contribution in [2.45, 2.75) is 18.0 Å². The maximum atomic E-state index is 14.4. The van der Waals surface area contributed by atoms with Crippen LogP contribution in [0.25, 0.3) is 0 Å². The van der Waals surface area contributed by atoms with Crippen molar-refractivity contribution in [2.75, 3.05) is 0 Å². The summed E-state index contributed by atoms with van der Waals surface area (Å²) in [7, 11) is -4.43. The molecule has 1 N–H and O–H groups in total. The largest absolute Gasteiger partial charge is 0.294 e. The van der Waals surface area contributed by atoms with Crippen molar-refractivity contribution in [3.63, 3.8) is 0 Å². The van der Waals surface area contributed by atoms with Crippen LogP contribution in [0.1, 0.15) is 22.9 Å². The summed E-state index contributed by atoms with van der Waals surface area (Å²) in [4.78, 5) is -0.419. The van der Waals surface area contributed by atoms with Crippen LogP contribution in [0.4, 0.5) is 8.78 Å². The zero-order chi connectivity index (χ0) is 14.9. The lowest BCUT2D eigenvalue weighted by molar-refractivity contribution is 0.385. The summed E-state index contributed by atoms with van der Waals surface area (Å²) >= 11 is 0. The first-order valence-electron chi connectivity index (χ1n) is 5.77. The molecule has 1 atom stereocenters. The van der Waals surface area contributed by atoms with Crippen LogP contribution < -0.4 is 0 Å². The van der Waals surface area contributed by atoms with E-state index in [1.165, 1.54) is 30.3 Å². The first kappa shape index (κ1) is 14.6. The average molecular weight is 298 g/mol. The molecule has 6 heteroatoms. The van der Waals surface area contributed by atoms with Gasteiger partial charge in [0, 0.05) is 5.56 Å². The van der Waals surface area contributed by atoms with Crippen molar-refractivity contribution in [1.82, 2.24) is 0 Å². The van der Waals surface area contributed by atoms with Gasteiger partial charge in [-0.2, -0.15) is 8.42 Å². The van der Waals surface area contributed by atoms with Gasteiger partial charge < -0.3 is 0 Å². The second-order valence-electron chi connectivity index (χ2n) is 4.38. The predicted molar refractivity (Wildman–Crippen MR) is 70.3 cm³/mol. The minimum atomic E-state index is -4.43. The van der Waals surface area contributed by atoms with Gasteiger partial charge in [-0.1, -0.05) is 24.3 Å². The normalized spacial score (nSPS) is 13.2. The van der Waals surface area contributed by atoms with Crippen molar-refractivity contribution < 1.29 is 21.8 Å². The van der Waals surface area contributed by atoms with E-state index in [1.54, 1.807) is 6.92 Å². The van der Waals surface area contributed by atoms with Crippen molar-refractivity contribution >= 4 is 10.1 Å². The summed E-state index contributed by atoms with van der Waals surface area (Å²) < 4.78 is 59.2. The Kier molecular flexibility index (Phi) is 3.87. The van der Waals surface area contributed by atoms with Gasteiger partial charge in [-0.3, -0.25) is 4.55 Å². The molecule has 0 aliphatic carbocycles. The van der Waals surface area contributed by atoms with Crippen molar-refractivity contribution in [3.05, 3.63) is 65.0 Å². The molecule has 0 saturated carbocycles. The summed E-state index contributed by atoms with van der Waals surface area (Å²) in [6.45, 7) is 1.58. The average Bonchev–Trinajstić information content (AvgIpc) is 2.37. The van der Waals surface area contributed by atoms with Crippen LogP contribution in [0.2, 0.25) is 0 Å². The highest BCUT2D eigenvalue weighted by atomic mass is 32.2. The van der Waals surface area contributed by atoms with Crippen molar-refractivity contribution in [1.29, 1.82) is 0 Å². The molecule has 0 aliphatic heterocycles. The van der Waals surface area contributed by atoms with E-state index in [9.17, 15) is 17.2 Å². The second kappa shape index (κ2) is 5.30. The summed E-state index contributed by atoms with van der Waals surface area (Å²) in [5.74, 6) is -0.711. The Balaban J connectivity index is 2.55. The highest BCUT2D eigenvalue weighted by Crippen LogP contribution is 2.31. The molecule has 0 spiro atoms. The fourth-order valence-electron chi connectivity index (χ4n) is 1.90. The molecule has 3 nitrogen and oxygen atoms in total. The van der Waals surface area contributed by atoms with Gasteiger partial charge in [-0.25, -0.2) is 8.78 Å². The minimum absolute atomic E-state index is 0.00484. The van der Waals surface area contributed by atoms with Gasteiger partial charge in [0.25, 0.3) is 10.1 Å². The zero-order valence-electron chi connectivity index (χ0n) is 10.5. The summed E-state index contributed by atoms with van der Waals surface area (Å²) in [5, 5.41) is 0. The monoisotopic (exact) mass is 298 g/mol. The Morgan fingerprint density at radius 1 is 1.10 bits per heavy atom. The topological polar surface area (TPSA) is 54.4 Å². The van der Waals surface area contributed by atoms with Gasteiger partial charge in [-0.05, 0) is 36.2 Å². The Bertz CT molecular complexity index is 742. The van der Waals surface area contributed by atoms with E-state index in [1.807, 2.05) is 0 Å². The van der Waals surface area contributed by atoms with Crippen LogP contribution in [0.15, 0.2) is 47.4 Å². The minimum Gasteiger partial charge on any atom is -0.282 e. The van der Waals surface area contributed by atoms with E-state index in [2.05, 4.69) is 0 Å². The molecule has 0 saturated heterocycles. The molecule has 0 aromatic heterocycles. The lowest BCUT2D eigenvalue weighted by Gasteiger charge is -2.13. The van der Waals surface area contributed by atoms with E-state index >= 15 is 0 Å². The predicted octanol–water partition coefficient (Wildman–Crippen LogP) is 3.44. The summed E-state index contributed by atoms with van der Waals surface area (Å²) in [6, 6.07) is 8.90. The van der Waals surface area contributed by atoms with Crippen LogP contribution >= 0.6 is 0 Å². The SMILES string of the molecule is Cc1ccc(S(=O)(=O)O)cc1C(F)c1ccccc1F. The van der Waals surface area contributed by atoms with Crippen LogP contribution in [0, 0.1) is 12.7 Å². The Morgan fingerprint density at radius 2 is 1.75 bits per heavy atom. The maximum Gasteiger partial charge on any atom is 0.294 e. The second-order valence-corrected chi connectivity index (χ2v) is 5.80. The molecule has 0 heterocycles. The van der Waals surface area contributed by atoms with Crippen molar-refractivity contribution in [2.24, 2.45) is 0 Å². The van der Waals surface area contributed by atoms with E-state index < -0.39 is 27.0 Å². The molecule has 0 fully saturated rings. The lowest BCUT2D eigenvalue weighted by atomic mass is 9.98. The number of hydrogen-bond acceptors (Lipinski definition) is 2. The third kappa shape index (κ3) is 2.86. The third-order valence-electron chi connectivity index (χ3n) is 3.00. The molecule has 0 bridgehead atoms. The first-order chi connectivity index (χ1) is 9.30. The molecule has 106 valence electrons. The quantitative estimate of drug-likeness (QED) is 0.883. The van der Waals surface area contributed by atoms with E-state index in [0.29, 0.717) is 5.56 Å². The highest BCUT2D eigenvalue weighted by Gasteiger charge is 2.21. The first-order valence-corrected chi connectivity index (χ1v) is 7.21. The fraction of sp³-hybridized carbons (Fsp3) is 0.143. The Morgan fingerprint density at radius 3 is 2.35 bits per heavy atom. The molecule has 2 rings (SSSR count). The van der Waals surface area contributed by atoms with Crippen LogP contribution in [0.3, 0.4) is 0 Å². The molecule has 2 aromatic rings. The van der Waals surface area contributed by atoms with Gasteiger partial charge in [0.05, 0.1) is 4.90 Å². The van der Waals surface area contributed by atoms with E-state index in [4.69, 9.17) is 4.55 Å². The molecule has 0 aliphatic rings. The van der Waals surface area contributed by atoms with Gasteiger partial charge in [0.1, 0.15) is 5.82 Å². The van der Waals surface area contributed by atoms with E-state index in [0.717, 1.165) is 12.1 Å². The summed E-state index contributed by atoms with van der Waals surface area (Å²) in [6.07, 6.45) is -1.81. The number of aryl methyl sites for hydroxylation is 1. The summed E-state index contributed by atoms with van der Waals surface area (Å²) in [5.41, 5.74) is 0.293. The molecular weight excluding hydrogens is 286 g/mol. The van der Waals surface area contributed by atoms with Gasteiger partial charge in [0.2, 0.25) is 0 Å². The van der Waals surface area contributed by atoms with Crippen LogP contribution in [-0.2, 0) is 10.1 Å².